The van der Waals surface area contributed by atoms with Crippen molar-refractivity contribution in [2.45, 2.75) is 31.2 Å². The Labute approximate surface area is 188 Å². The Kier molecular flexibility index (Phi) is 6.87. The minimum atomic E-state index is -0.0305. The highest BCUT2D eigenvalue weighted by molar-refractivity contribution is 7.98. The lowest BCUT2D eigenvalue weighted by atomic mass is 9.97. The van der Waals surface area contributed by atoms with Gasteiger partial charge in [0.15, 0.2) is 5.82 Å². The topological polar surface area (TPSA) is 58.1 Å². The average molecular weight is 433 g/mol. The van der Waals surface area contributed by atoms with Crippen molar-refractivity contribution in [1.29, 1.82) is 0 Å². The van der Waals surface area contributed by atoms with Gasteiger partial charge in [-0.05, 0) is 49.8 Å². The van der Waals surface area contributed by atoms with Crippen LogP contribution in [-0.2, 0) is 11.3 Å². The van der Waals surface area contributed by atoms with Gasteiger partial charge in [0.1, 0.15) is 5.82 Å². The molecule has 0 radical (unpaired) electrons. The van der Waals surface area contributed by atoms with Crippen LogP contribution in [0.15, 0.2) is 65.7 Å². The van der Waals surface area contributed by atoms with E-state index in [1.165, 1.54) is 10.5 Å². The standard InChI is InChI=1S/C25H28N4OS/c1-18-5-9-20(10-6-18)24-26-14-13-23(28-24)29-15-3-4-21(17-29)25(30)27-16-19-7-11-22(31-2)12-8-19/h5-14,21H,3-4,15-17H2,1-2H3,(H,27,30). The van der Waals surface area contributed by atoms with Crippen LogP contribution in [0.1, 0.15) is 24.0 Å². The maximum atomic E-state index is 12.8. The lowest BCUT2D eigenvalue weighted by Crippen LogP contribution is -2.43. The molecule has 1 unspecified atom stereocenters. The molecule has 2 aromatic carbocycles. The van der Waals surface area contributed by atoms with Gasteiger partial charge in [-0.2, -0.15) is 0 Å². The summed E-state index contributed by atoms with van der Waals surface area (Å²) in [5, 5.41) is 3.12. The number of piperidine rings is 1. The molecule has 160 valence electrons. The quantitative estimate of drug-likeness (QED) is 0.572. The third-order valence-corrected chi connectivity index (χ3v) is 6.44. The van der Waals surface area contributed by atoms with Crippen LogP contribution in [0.3, 0.4) is 0 Å². The lowest BCUT2D eigenvalue weighted by molar-refractivity contribution is -0.125. The zero-order chi connectivity index (χ0) is 21.6. The molecule has 2 heterocycles. The SMILES string of the molecule is CSc1ccc(CNC(=O)C2CCCN(c3ccnc(-c4ccc(C)cc4)n3)C2)cc1. The van der Waals surface area contributed by atoms with Crippen LogP contribution in [0.2, 0.25) is 0 Å². The molecule has 1 saturated heterocycles. The number of amides is 1. The third kappa shape index (κ3) is 5.44. The van der Waals surface area contributed by atoms with E-state index in [1.807, 2.05) is 18.2 Å². The molecule has 3 aromatic rings. The highest BCUT2D eigenvalue weighted by atomic mass is 32.2. The van der Waals surface area contributed by atoms with Gasteiger partial charge in [-0.1, -0.05) is 42.0 Å². The Bertz CT molecular complexity index is 1020. The van der Waals surface area contributed by atoms with Crippen LogP contribution in [0, 0.1) is 12.8 Å². The first-order valence-electron chi connectivity index (χ1n) is 10.7. The van der Waals surface area contributed by atoms with Crippen molar-refractivity contribution < 1.29 is 4.79 Å². The van der Waals surface area contributed by atoms with Crippen LogP contribution in [0.25, 0.3) is 11.4 Å². The number of carbonyl (C=O) groups is 1. The summed E-state index contributed by atoms with van der Waals surface area (Å²) in [4.78, 5) is 25.5. The first kappa shape index (κ1) is 21.4. The number of thioether (sulfide) groups is 1. The van der Waals surface area contributed by atoms with E-state index in [2.05, 4.69) is 64.8 Å². The van der Waals surface area contributed by atoms with Crippen molar-refractivity contribution in [2.24, 2.45) is 5.92 Å². The molecule has 6 heteroatoms. The maximum absolute atomic E-state index is 12.8. The van der Waals surface area contributed by atoms with Gasteiger partial charge >= 0.3 is 0 Å². The number of benzene rings is 2. The van der Waals surface area contributed by atoms with Gasteiger partial charge < -0.3 is 10.2 Å². The number of nitrogens with one attached hydrogen (secondary N) is 1. The molecule has 4 rings (SSSR count). The number of aromatic nitrogens is 2. The zero-order valence-electron chi connectivity index (χ0n) is 18.0. The minimum Gasteiger partial charge on any atom is -0.356 e. The van der Waals surface area contributed by atoms with E-state index in [4.69, 9.17) is 4.98 Å². The van der Waals surface area contributed by atoms with Crippen molar-refractivity contribution in [1.82, 2.24) is 15.3 Å². The summed E-state index contributed by atoms with van der Waals surface area (Å²) < 4.78 is 0. The predicted octanol–water partition coefficient (Wildman–Crippen LogP) is 4.71. The summed E-state index contributed by atoms with van der Waals surface area (Å²) in [6.07, 6.45) is 5.75. The summed E-state index contributed by atoms with van der Waals surface area (Å²) >= 11 is 1.72. The number of aryl methyl sites for hydroxylation is 1. The van der Waals surface area contributed by atoms with Gasteiger partial charge in [0.25, 0.3) is 0 Å². The number of nitrogens with zero attached hydrogens (tertiary/aromatic N) is 3. The molecule has 1 N–H and O–H groups in total. The Morgan fingerprint density at radius 3 is 2.65 bits per heavy atom. The Hall–Kier alpha value is -2.86. The number of carbonyl (C=O) groups excluding carboxylic acids is 1. The summed E-state index contributed by atoms with van der Waals surface area (Å²) in [5.41, 5.74) is 3.34. The molecule has 1 atom stereocenters. The van der Waals surface area contributed by atoms with Crippen LogP contribution >= 0.6 is 11.8 Å². The molecule has 0 spiro atoms. The lowest BCUT2D eigenvalue weighted by Gasteiger charge is -2.33. The number of anilines is 1. The summed E-state index contributed by atoms with van der Waals surface area (Å²) in [6, 6.07) is 18.5. The molecule has 1 aliphatic rings. The van der Waals surface area contributed by atoms with E-state index < -0.39 is 0 Å². The Morgan fingerprint density at radius 2 is 1.90 bits per heavy atom. The second kappa shape index (κ2) is 9.96. The second-order valence-corrected chi connectivity index (χ2v) is 8.84. The molecular formula is C25H28N4OS. The fraction of sp³-hybridized carbons (Fsp3) is 0.320. The van der Waals surface area contributed by atoms with E-state index in [-0.39, 0.29) is 11.8 Å². The number of hydrogen-bond acceptors (Lipinski definition) is 5. The van der Waals surface area contributed by atoms with Crippen molar-refractivity contribution >= 4 is 23.5 Å². The van der Waals surface area contributed by atoms with Crippen molar-refractivity contribution in [2.75, 3.05) is 24.2 Å². The highest BCUT2D eigenvalue weighted by Gasteiger charge is 2.26. The maximum Gasteiger partial charge on any atom is 0.225 e. The van der Waals surface area contributed by atoms with Crippen molar-refractivity contribution in [3.05, 3.63) is 71.9 Å². The molecule has 1 aromatic heterocycles. The van der Waals surface area contributed by atoms with Crippen LogP contribution in [0.4, 0.5) is 5.82 Å². The van der Waals surface area contributed by atoms with Crippen molar-refractivity contribution in [3.63, 3.8) is 0 Å². The Balaban J connectivity index is 1.39. The van der Waals surface area contributed by atoms with Gasteiger partial charge in [-0.3, -0.25) is 4.79 Å². The number of rotatable bonds is 6. The van der Waals surface area contributed by atoms with E-state index in [1.54, 1.807) is 18.0 Å². The monoisotopic (exact) mass is 432 g/mol. The van der Waals surface area contributed by atoms with E-state index in [9.17, 15) is 4.79 Å². The fourth-order valence-electron chi connectivity index (χ4n) is 3.84. The average Bonchev–Trinajstić information content (AvgIpc) is 2.83. The molecule has 0 saturated carbocycles. The summed E-state index contributed by atoms with van der Waals surface area (Å²) in [6.45, 7) is 4.22. The predicted molar refractivity (Wildman–Crippen MR) is 127 cm³/mol. The Morgan fingerprint density at radius 1 is 1.13 bits per heavy atom. The zero-order valence-corrected chi connectivity index (χ0v) is 18.9. The van der Waals surface area contributed by atoms with Gasteiger partial charge in [-0.15, -0.1) is 11.8 Å². The second-order valence-electron chi connectivity index (χ2n) is 7.96. The number of hydrogen-bond donors (Lipinski definition) is 1. The molecule has 1 amide bonds. The van der Waals surface area contributed by atoms with E-state index in [0.29, 0.717) is 13.1 Å². The normalized spacial score (nSPS) is 16.2. The van der Waals surface area contributed by atoms with Crippen LogP contribution in [-0.4, -0.2) is 35.2 Å². The smallest absolute Gasteiger partial charge is 0.225 e. The molecular weight excluding hydrogens is 404 g/mol. The minimum absolute atomic E-state index is 0.0305. The third-order valence-electron chi connectivity index (χ3n) is 5.69. The summed E-state index contributed by atoms with van der Waals surface area (Å²) in [5.74, 6) is 1.69. The molecule has 0 bridgehead atoms. The molecule has 1 aliphatic heterocycles. The van der Waals surface area contributed by atoms with E-state index >= 15 is 0 Å². The van der Waals surface area contributed by atoms with Crippen LogP contribution < -0.4 is 10.2 Å². The van der Waals surface area contributed by atoms with Crippen LogP contribution in [0.5, 0.6) is 0 Å². The largest absolute Gasteiger partial charge is 0.356 e. The molecule has 5 nitrogen and oxygen atoms in total. The van der Waals surface area contributed by atoms with Gasteiger partial charge in [-0.25, -0.2) is 9.97 Å². The summed E-state index contributed by atoms with van der Waals surface area (Å²) in [7, 11) is 0. The molecule has 0 aliphatic carbocycles. The molecule has 1 fully saturated rings. The van der Waals surface area contributed by atoms with Crippen molar-refractivity contribution in [3.8, 4) is 11.4 Å². The van der Waals surface area contributed by atoms with E-state index in [0.717, 1.165) is 42.2 Å². The molecule has 31 heavy (non-hydrogen) atoms. The first-order chi connectivity index (χ1) is 15.1. The first-order valence-corrected chi connectivity index (χ1v) is 11.9. The van der Waals surface area contributed by atoms with Gasteiger partial charge in [0, 0.05) is 36.3 Å². The van der Waals surface area contributed by atoms with Gasteiger partial charge in [0.2, 0.25) is 5.91 Å². The fourth-order valence-corrected chi connectivity index (χ4v) is 4.25. The van der Waals surface area contributed by atoms with Gasteiger partial charge in [0.05, 0.1) is 5.92 Å². The highest BCUT2D eigenvalue weighted by Crippen LogP contribution is 2.24.